The largest absolute Gasteiger partial charge is 0.488 e. The van der Waals surface area contributed by atoms with Crippen molar-refractivity contribution in [3.63, 3.8) is 0 Å². The van der Waals surface area contributed by atoms with Gasteiger partial charge in [0.25, 0.3) is 0 Å². The molecule has 1 N–H and O–H groups in total. The number of likely N-dealkylation sites (N-methyl/N-ethyl adjacent to an activating group) is 1. The van der Waals surface area contributed by atoms with Gasteiger partial charge in [-0.05, 0) is 50.6 Å². The highest BCUT2D eigenvalue weighted by Crippen LogP contribution is 2.19. The Morgan fingerprint density at radius 1 is 1.21 bits per heavy atom. The lowest BCUT2D eigenvalue weighted by atomic mass is 9.98. The smallest absolute Gasteiger partial charge is 0.124 e. The van der Waals surface area contributed by atoms with Gasteiger partial charge in [0.1, 0.15) is 11.9 Å². The van der Waals surface area contributed by atoms with Crippen molar-refractivity contribution in [3.8, 4) is 5.75 Å². The van der Waals surface area contributed by atoms with Gasteiger partial charge in [0.05, 0.1) is 0 Å². The molecular formula is C16H24N2O. The van der Waals surface area contributed by atoms with Crippen LogP contribution in [0.4, 0.5) is 0 Å². The summed E-state index contributed by atoms with van der Waals surface area (Å²) in [5.41, 5.74) is 1.41. The standard InChI is InChI=1S/C16H24N2O/c1-18-11-16(12-18)19-15-7-5-13(6-8-15)10-14-4-2-3-9-17-14/h5-8,14,16-17H,2-4,9-12H2,1H3. The topological polar surface area (TPSA) is 24.5 Å². The third-order valence-corrected chi connectivity index (χ3v) is 4.15. The van der Waals surface area contributed by atoms with E-state index in [0.717, 1.165) is 25.3 Å². The lowest BCUT2D eigenvalue weighted by molar-refractivity contribution is 0.0388. The summed E-state index contributed by atoms with van der Waals surface area (Å²) in [6.45, 7) is 3.28. The van der Waals surface area contributed by atoms with Crippen LogP contribution in [0.2, 0.25) is 0 Å². The Morgan fingerprint density at radius 3 is 2.63 bits per heavy atom. The Morgan fingerprint density at radius 2 is 2.00 bits per heavy atom. The van der Waals surface area contributed by atoms with E-state index < -0.39 is 0 Å². The molecule has 2 heterocycles. The van der Waals surface area contributed by atoms with Gasteiger partial charge < -0.3 is 10.1 Å². The molecule has 3 rings (SSSR count). The first kappa shape index (κ1) is 12.9. The normalized spacial score (nSPS) is 25.0. The highest BCUT2D eigenvalue weighted by molar-refractivity contribution is 5.28. The molecule has 1 unspecified atom stereocenters. The monoisotopic (exact) mass is 260 g/mol. The molecule has 3 nitrogen and oxygen atoms in total. The molecule has 0 aliphatic carbocycles. The van der Waals surface area contributed by atoms with E-state index in [1.54, 1.807) is 0 Å². The summed E-state index contributed by atoms with van der Waals surface area (Å²) in [6.07, 6.45) is 5.54. The van der Waals surface area contributed by atoms with Crippen molar-refractivity contribution in [2.75, 3.05) is 26.7 Å². The number of hydrogen-bond donors (Lipinski definition) is 1. The fourth-order valence-electron chi connectivity index (χ4n) is 3.00. The van der Waals surface area contributed by atoms with Crippen LogP contribution in [-0.2, 0) is 6.42 Å². The lowest BCUT2D eigenvalue weighted by Gasteiger charge is -2.36. The van der Waals surface area contributed by atoms with Crippen LogP contribution >= 0.6 is 0 Å². The van der Waals surface area contributed by atoms with E-state index in [2.05, 4.69) is 41.5 Å². The molecule has 1 atom stereocenters. The van der Waals surface area contributed by atoms with Gasteiger partial charge >= 0.3 is 0 Å². The van der Waals surface area contributed by atoms with Gasteiger partial charge in [-0.25, -0.2) is 0 Å². The molecule has 1 aromatic rings. The van der Waals surface area contributed by atoms with Crippen LogP contribution in [0.1, 0.15) is 24.8 Å². The number of nitrogens with zero attached hydrogens (tertiary/aromatic N) is 1. The zero-order valence-electron chi connectivity index (χ0n) is 11.8. The maximum atomic E-state index is 5.91. The number of ether oxygens (including phenoxy) is 1. The summed E-state index contributed by atoms with van der Waals surface area (Å²) in [5.74, 6) is 1.01. The third-order valence-electron chi connectivity index (χ3n) is 4.15. The summed E-state index contributed by atoms with van der Waals surface area (Å²) < 4.78 is 5.91. The number of rotatable bonds is 4. The Balaban J connectivity index is 1.50. The van der Waals surface area contributed by atoms with Gasteiger partial charge in [-0.2, -0.15) is 0 Å². The third kappa shape index (κ3) is 3.48. The van der Waals surface area contributed by atoms with Crippen LogP contribution in [0, 0.1) is 0 Å². The number of likely N-dealkylation sites (tertiary alicyclic amines) is 1. The van der Waals surface area contributed by atoms with Crippen LogP contribution in [0.5, 0.6) is 5.75 Å². The quantitative estimate of drug-likeness (QED) is 0.897. The first-order chi connectivity index (χ1) is 9.29. The van der Waals surface area contributed by atoms with E-state index in [4.69, 9.17) is 4.74 Å². The van der Waals surface area contributed by atoms with Gasteiger partial charge in [-0.1, -0.05) is 18.6 Å². The molecule has 2 aliphatic heterocycles. The molecule has 0 aromatic heterocycles. The van der Waals surface area contributed by atoms with Gasteiger partial charge in [-0.3, -0.25) is 4.90 Å². The molecule has 2 fully saturated rings. The molecule has 0 radical (unpaired) electrons. The predicted molar refractivity (Wildman–Crippen MR) is 77.7 cm³/mol. The van der Waals surface area contributed by atoms with E-state index in [-0.39, 0.29) is 0 Å². The summed E-state index contributed by atoms with van der Waals surface area (Å²) in [7, 11) is 2.13. The zero-order valence-corrected chi connectivity index (χ0v) is 11.8. The summed E-state index contributed by atoms with van der Waals surface area (Å²) in [6, 6.07) is 9.34. The van der Waals surface area contributed by atoms with Gasteiger partial charge in [0.15, 0.2) is 0 Å². The molecule has 2 aliphatic rings. The summed E-state index contributed by atoms with van der Waals surface area (Å²) in [5, 5.41) is 3.60. The van der Waals surface area contributed by atoms with Gasteiger partial charge in [0.2, 0.25) is 0 Å². The van der Waals surface area contributed by atoms with Crippen molar-refractivity contribution >= 4 is 0 Å². The fourth-order valence-corrected chi connectivity index (χ4v) is 3.00. The van der Waals surface area contributed by atoms with Crippen molar-refractivity contribution in [2.24, 2.45) is 0 Å². The lowest BCUT2D eigenvalue weighted by Crippen LogP contribution is -2.51. The second-order valence-corrected chi connectivity index (χ2v) is 5.96. The predicted octanol–water partition coefficient (Wildman–Crippen LogP) is 2.06. The maximum Gasteiger partial charge on any atom is 0.124 e. The maximum absolute atomic E-state index is 5.91. The molecule has 1 aromatic carbocycles. The van der Waals surface area contributed by atoms with E-state index >= 15 is 0 Å². The number of piperidine rings is 1. The minimum atomic E-state index is 0.385. The van der Waals surface area contributed by atoms with Crippen molar-refractivity contribution in [3.05, 3.63) is 29.8 Å². The minimum Gasteiger partial charge on any atom is -0.488 e. The van der Waals surface area contributed by atoms with Crippen LogP contribution < -0.4 is 10.1 Å². The SMILES string of the molecule is CN1CC(Oc2ccc(CC3CCCCN3)cc2)C1. The van der Waals surface area contributed by atoms with Crippen LogP contribution in [-0.4, -0.2) is 43.7 Å². The molecule has 19 heavy (non-hydrogen) atoms. The first-order valence-electron chi connectivity index (χ1n) is 7.47. The second kappa shape index (κ2) is 5.93. The van der Waals surface area contributed by atoms with Gasteiger partial charge in [0, 0.05) is 19.1 Å². The average Bonchev–Trinajstić information content (AvgIpc) is 2.40. The van der Waals surface area contributed by atoms with Crippen LogP contribution in [0.15, 0.2) is 24.3 Å². The first-order valence-corrected chi connectivity index (χ1v) is 7.47. The number of nitrogens with one attached hydrogen (secondary N) is 1. The highest BCUT2D eigenvalue weighted by atomic mass is 16.5. The van der Waals surface area contributed by atoms with Crippen molar-refractivity contribution in [1.82, 2.24) is 10.2 Å². The Bertz CT molecular complexity index is 392. The van der Waals surface area contributed by atoms with Crippen molar-refractivity contribution < 1.29 is 4.74 Å². The number of hydrogen-bond acceptors (Lipinski definition) is 3. The van der Waals surface area contributed by atoms with E-state index in [9.17, 15) is 0 Å². The van der Waals surface area contributed by atoms with E-state index in [0.29, 0.717) is 12.1 Å². The Kier molecular flexibility index (Phi) is 4.04. The van der Waals surface area contributed by atoms with E-state index in [1.807, 2.05) is 0 Å². The Hall–Kier alpha value is -1.06. The highest BCUT2D eigenvalue weighted by Gasteiger charge is 2.24. The van der Waals surface area contributed by atoms with Gasteiger partial charge in [-0.15, -0.1) is 0 Å². The average molecular weight is 260 g/mol. The number of benzene rings is 1. The van der Waals surface area contributed by atoms with Crippen molar-refractivity contribution in [2.45, 2.75) is 37.8 Å². The minimum absolute atomic E-state index is 0.385. The van der Waals surface area contributed by atoms with Crippen LogP contribution in [0.3, 0.4) is 0 Å². The molecular weight excluding hydrogens is 236 g/mol. The second-order valence-electron chi connectivity index (χ2n) is 5.96. The zero-order chi connectivity index (χ0) is 13.1. The molecule has 0 spiro atoms. The fraction of sp³-hybridized carbons (Fsp3) is 0.625. The molecule has 0 saturated carbocycles. The molecule has 2 saturated heterocycles. The summed E-state index contributed by atoms with van der Waals surface area (Å²) >= 11 is 0. The van der Waals surface area contributed by atoms with Crippen LogP contribution in [0.25, 0.3) is 0 Å². The van der Waals surface area contributed by atoms with E-state index in [1.165, 1.54) is 31.4 Å². The molecule has 104 valence electrons. The molecule has 0 amide bonds. The molecule has 0 bridgehead atoms. The van der Waals surface area contributed by atoms with Crippen molar-refractivity contribution in [1.29, 1.82) is 0 Å². The summed E-state index contributed by atoms with van der Waals surface area (Å²) in [4.78, 5) is 2.27. The molecule has 3 heteroatoms. The Labute approximate surface area is 115 Å².